The number of esters is 1. The van der Waals surface area contributed by atoms with Crippen LogP contribution in [0.3, 0.4) is 0 Å². The van der Waals surface area contributed by atoms with Gasteiger partial charge in [-0.15, -0.1) is 11.3 Å². The van der Waals surface area contributed by atoms with Crippen molar-refractivity contribution >= 4 is 66.6 Å². The number of benzene rings is 2. The highest BCUT2D eigenvalue weighted by Gasteiger charge is 2.33. The summed E-state index contributed by atoms with van der Waals surface area (Å²) >= 11 is 9.94. The minimum atomic E-state index is -0.601. The van der Waals surface area contributed by atoms with E-state index in [0.29, 0.717) is 33.0 Å². The maximum Gasteiger partial charge on any atom is 0.338 e. The van der Waals surface area contributed by atoms with Crippen molar-refractivity contribution in [2.75, 3.05) is 6.61 Å². The van der Waals surface area contributed by atoms with E-state index in [9.17, 15) is 9.59 Å². The monoisotopic (exact) mass is 672 g/mol. The number of thiophene rings is 1. The molecule has 0 unspecified atom stereocenters. The molecule has 0 amide bonds. The second kappa shape index (κ2) is 11.5. The zero-order valence-corrected chi connectivity index (χ0v) is 25.2. The first kappa shape index (κ1) is 26.8. The number of fused-ring (bicyclic) bond motifs is 1. The van der Waals surface area contributed by atoms with Crippen LogP contribution in [0.25, 0.3) is 6.08 Å². The molecule has 4 aromatic rings. The SMILES string of the molecule is CCOC(=O)C1=C(C)N=c2s/c(=C\c3cc(Br)cc(Br)c3OCc3ccccc3)c(=O)n2[C@H]1c1cccs1. The van der Waals surface area contributed by atoms with Gasteiger partial charge in [0.2, 0.25) is 0 Å². The zero-order valence-electron chi connectivity index (χ0n) is 20.4. The Hall–Kier alpha value is -2.79. The Labute approximate surface area is 243 Å². The lowest BCUT2D eigenvalue weighted by molar-refractivity contribution is -0.139. The molecule has 0 spiro atoms. The Kier molecular flexibility index (Phi) is 8.13. The fourth-order valence-corrected chi connectivity index (χ4v) is 7.45. The summed E-state index contributed by atoms with van der Waals surface area (Å²) in [6, 6.07) is 16.9. The summed E-state index contributed by atoms with van der Waals surface area (Å²) < 4.78 is 15.2. The van der Waals surface area contributed by atoms with Crippen molar-refractivity contribution < 1.29 is 14.3 Å². The number of hydrogen-bond acceptors (Lipinski definition) is 7. The number of rotatable bonds is 7. The number of ether oxygens (including phenoxy) is 2. The van der Waals surface area contributed by atoms with E-state index >= 15 is 0 Å². The first-order chi connectivity index (χ1) is 18.4. The third-order valence-corrected chi connectivity index (χ3v) is 8.83. The largest absolute Gasteiger partial charge is 0.487 e. The highest BCUT2D eigenvalue weighted by atomic mass is 79.9. The van der Waals surface area contributed by atoms with Crippen molar-refractivity contribution in [1.29, 1.82) is 0 Å². The summed E-state index contributed by atoms with van der Waals surface area (Å²) in [5, 5.41) is 1.93. The van der Waals surface area contributed by atoms with Gasteiger partial charge in [0.15, 0.2) is 4.80 Å². The van der Waals surface area contributed by atoms with E-state index in [1.807, 2.05) is 66.1 Å². The predicted octanol–water partition coefficient (Wildman–Crippen LogP) is 5.96. The molecule has 0 bridgehead atoms. The summed E-state index contributed by atoms with van der Waals surface area (Å²) in [4.78, 5) is 32.9. The van der Waals surface area contributed by atoms with Crippen molar-refractivity contribution in [1.82, 2.24) is 4.57 Å². The Morgan fingerprint density at radius 2 is 1.95 bits per heavy atom. The Morgan fingerprint density at radius 3 is 2.66 bits per heavy atom. The zero-order chi connectivity index (χ0) is 26.8. The second-order valence-electron chi connectivity index (χ2n) is 8.40. The summed E-state index contributed by atoms with van der Waals surface area (Å²) in [7, 11) is 0. The predicted molar refractivity (Wildman–Crippen MR) is 157 cm³/mol. The molecule has 38 heavy (non-hydrogen) atoms. The quantitative estimate of drug-likeness (QED) is 0.227. The molecule has 0 N–H and O–H groups in total. The number of hydrogen-bond donors (Lipinski definition) is 0. The van der Waals surface area contributed by atoms with Gasteiger partial charge >= 0.3 is 5.97 Å². The molecule has 6 nitrogen and oxygen atoms in total. The highest BCUT2D eigenvalue weighted by molar-refractivity contribution is 9.11. The molecule has 5 rings (SSSR count). The lowest BCUT2D eigenvalue weighted by Crippen LogP contribution is -2.39. The van der Waals surface area contributed by atoms with Crippen LogP contribution in [0.15, 0.2) is 90.0 Å². The van der Waals surface area contributed by atoms with Crippen molar-refractivity contribution in [3.63, 3.8) is 0 Å². The summed E-state index contributed by atoms with van der Waals surface area (Å²) in [6.07, 6.45) is 1.81. The molecular formula is C28H22Br2N2O4S2. The van der Waals surface area contributed by atoms with Crippen molar-refractivity contribution in [3.8, 4) is 5.75 Å². The van der Waals surface area contributed by atoms with Crippen LogP contribution < -0.4 is 19.6 Å². The lowest BCUT2D eigenvalue weighted by atomic mass is 10.0. The minimum Gasteiger partial charge on any atom is -0.487 e. The molecule has 0 fully saturated rings. The number of carbonyl (C=O) groups is 1. The molecule has 0 saturated carbocycles. The Bertz CT molecular complexity index is 1710. The number of halogens is 2. The van der Waals surface area contributed by atoms with E-state index in [0.717, 1.165) is 24.9 Å². The number of aromatic nitrogens is 1. The van der Waals surface area contributed by atoms with Crippen LogP contribution in [-0.2, 0) is 16.1 Å². The van der Waals surface area contributed by atoms with E-state index in [1.165, 1.54) is 22.7 Å². The van der Waals surface area contributed by atoms with Gasteiger partial charge < -0.3 is 9.47 Å². The van der Waals surface area contributed by atoms with Gasteiger partial charge in [0, 0.05) is 14.9 Å². The second-order valence-corrected chi connectivity index (χ2v) is 12.2. The van der Waals surface area contributed by atoms with Crippen LogP contribution in [0.1, 0.15) is 35.9 Å². The fourth-order valence-electron chi connectivity index (χ4n) is 4.22. The standard InChI is InChI=1S/C28H22Br2N2O4S2/c1-3-35-27(34)23-16(2)31-28-32(24(23)21-10-7-11-37-21)26(33)22(38-28)13-18-12-19(29)14-20(30)25(18)36-15-17-8-5-4-6-9-17/h4-14,24H,3,15H2,1-2H3/b22-13-/t24-/m0/s1. The van der Waals surface area contributed by atoms with Gasteiger partial charge in [-0.1, -0.05) is 63.7 Å². The number of thiazole rings is 1. The van der Waals surface area contributed by atoms with Gasteiger partial charge in [0.1, 0.15) is 18.4 Å². The van der Waals surface area contributed by atoms with Crippen LogP contribution in [0.5, 0.6) is 5.75 Å². The molecule has 3 heterocycles. The first-order valence-electron chi connectivity index (χ1n) is 11.8. The van der Waals surface area contributed by atoms with Gasteiger partial charge in [-0.25, -0.2) is 9.79 Å². The third-order valence-electron chi connectivity index (χ3n) is 5.88. The van der Waals surface area contributed by atoms with E-state index < -0.39 is 12.0 Å². The molecule has 1 aliphatic heterocycles. The maximum absolute atomic E-state index is 13.9. The van der Waals surface area contributed by atoms with Gasteiger partial charge in [-0.2, -0.15) is 0 Å². The average molecular weight is 674 g/mol. The Balaban J connectivity index is 1.64. The molecule has 2 aromatic carbocycles. The van der Waals surface area contributed by atoms with E-state index in [1.54, 1.807) is 18.4 Å². The molecule has 0 saturated heterocycles. The van der Waals surface area contributed by atoms with Crippen molar-refractivity contribution in [2.45, 2.75) is 26.5 Å². The molecule has 0 radical (unpaired) electrons. The first-order valence-corrected chi connectivity index (χ1v) is 15.0. The van der Waals surface area contributed by atoms with Gasteiger partial charge in [0.05, 0.1) is 26.9 Å². The van der Waals surface area contributed by atoms with Gasteiger partial charge in [0.25, 0.3) is 5.56 Å². The molecule has 194 valence electrons. The molecule has 10 heteroatoms. The maximum atomic E-state index is 13.9. The average Bonchev–Trinajstić information content (AvgIpc) is 3.52. The van der Waals surface area contributed by atoms with E-state index in [-0.39, 0.29) is 12.2 Å². The summed E-state index contributed by atoms with van der Waals surface area (Å²) in [5.74, 6) is 0.162. The molecule has 2 aromatic heterocycles. The summed E-state index contributed by atoms with van der Waals surface area (Å²) in [6.45, 7) is 4.16. The molecular weight excluding hydrogens is 652 g/mol. The minimum absolute atomic E-state index is 0.230. The normalized spacial score (nSPS) is 15.3. The van der Waals surface area contributed by atoms with Crippen LogP contribution in [0.4, 0.5) is 0 Å². The number of allylic oxidation sites excluding steroid dienone is 1. The Morgan fingerprint density at radius 1 is 1.16 bits per heavy atom. The van der Waals surface area contributed by atoms with Crippen LogP contribution >= 0.6 is 54.5 Å². The van der Waals surface area contributed by atoms with Crippen LogP contribution in [0.2, 0.25) is 0 Å². The van der Waals surface area contributed by atoms with Crippen LogP contribution in [0, 0.1) is 0 Å². The van der Waals surface area contributed by atoms with Gasteiger partial charge in [-0.3, -0.25) is 9.36 Å². The van der Waals surface area contributed by atoms with Crippen molar-refractivity contribution in [2.24, 2.45) is 4.99 Å². The fraction of sp³-hybridized carbons (Fsp3) is 0.179. The topological polar surface area (TPSA) is 69.9 Å². The van der Waals surface area contributed by atoms with E-state index in [4.69, 9.17) is 9.47 Å². The smallest absolute Gasteiger partial charge is 0.338 e. The third kappa shape index (κ3) is 5.36. The lowest BCUT2D eigenvalue weighted by Gasteiger charge is -2.23. The van der Waals surface area contributed by atoms with Crippen LogP contribution in [-0.4, -0.2) is 17.1 Å². The summed E-state index contributed by atoms with van der Waals surface area (Å²) in [5.41, 5.74) is 2.47. The van der Waals surface area contributed by atoms with Gasteiger partial charge in [-0.05, 0) is 65.0 Å². The number of nitrogens with zero attached hydrogens (tertiary/aromatic N) is 2. The molecule has 1 aliphatic rings. The van der Waals surface area contributed by atoms with E-state index in [2.05, 4.69) is 36.9 Å². The molecule has 1 atom stereocenters. The highest BCUT2D eigenvalue weighted by Crippen LogP contribution is 2.35. The molecule has 0 aliphatic carbocycles. The van der Waals surface area contributed by atoms with Crippen molar-refractivity contribution in [3.05, 3.63) is 116 Å². The number of carbonyl (C=O) groups excluding carboxylic acids is 1.